The van der Waals surface area contributed by atoms with E-state index in [-0.39, 0.29) is 12.0 Å². The van der Waals surface area contributed by atoms with Crippen molar-refractivity contribution in [2.45, 2.75) is 39.5 Å². The third-order valence-corrected chi connectivity index (χ3v) is 3.91. The first kappa shape index (κ1) is 21.4. The van der Waals surface area contributed by atoms with Gasteiger partial charge in [-0.15, -0.1) is 0 Å². The Morgan fingerprint density at radius 2 is 1.82 bits per heavy atom. The number of nitriles is 1. The Balaban J connectivity index is 1.84. The maximum absolute atomic E-state index is 12.4. The number of carbonyl (C=O) groups excluding carboxylic acids is 1. The van der Waals surface area contributed by atoms with E-state index in [1.54, 1.807) is 31.2 Å². The summed E-state index contributed by atoms with van der Waals surface area (Å²) in [5.74, 6) is -0.178. The zero-order valence-corrected chi connectivity index (χ0v) is 16.6. The summed E-state index contributed by atoms with van der Waals surface area (Å²) in [6.45, 7) is 7.37. The van der Waals surface area contributed by atoms with Crippen molar-refractivity contribution in [3.05, 3.63) is 59.7 Å². The van der Waals surface area contributed by atoms with Crippen LogP contribution < -0.4 is 10.6 Å². The highest BCUT2D eigenvalue weighted by molar-refractivity contribution is 5.96. The van der Waals surface area contributed by atoms with Gasteiger partial charge in [0.15, 0.2) is 0 Å². The lowest BCUT2D eigenvalue weighted by Gasteiger charge is -2.16. The van der Waals surface area contributed by atoms with Gasteiger partial charge in [-0.3, -0.25) is 4.79 Å². The topological polar surface area (TPSA) is 83.4 Å². The number of nitrogens with zero attached hydrogens (tertiary/aromatic N) is 1. The van der Waals surface area contributed by atoms with Crippen LogP contribution in [0.25, 0.3) is 0 Å². The molecule has 1 atom stereocenters. The van der Waals surface area contributed by atoms with Crippen molar-refractivity contribution < 1.29 is 14.3 Å². The average Bonchev–Trinajstić information content (AvgIpc) is 2.68. The maximum atomic E-state index is 12.4. The summed E-state index contributed by atoms with van der Waals surface area (Å²) in [4.78, 5) is 12.4. The Bertz CT molecular complexity index is 815. The van der Waals surface area contributed by atoms with Crippen LogP contribution in [0, 0.1) is 11.3 Å². The molecule has 0 saturated heterocycles. The van der Waals surface area contributed by atoms with Crippen LogP contribution in [-0.2, 0) is 20.9 Å². The molecule has 0 aromatic heterocycles. The van der Waals surface area contributed by atoms with Gasteiger partial charge in [0.2, 0.25) is 5.91 Å². The van der Waals surface area contributed by atoms with E-state index >= 15 is 0 Å². The minimum atomic E-state index is -0.443. The van der Waals surface area contributed by atoms with E-state index in [0.29, 0.717) is 31.1 Å². The van der Waals surface area contributed by atoms with Crippen molar-refractivity contribution in [1.82, 2.24) is 0 Å². The molecule has 0 heterocycles. The molecule has 0 aliphatic rings. The predicted molar refractivity (Wildman–Crippen MR) is 110 cm³/mol. The molecule has 0 aliphatic carbocycles. The second kappa shape index (κ2) is 11.1. The first-order valence-corrected chi connectivity index (χ1v) is 9.34. The van der Waals surface area contributed by atoms with Gasteiger partial charge in [-0.25, -0.2) is 0 Å². The number of rotatable bonds is 10. The van der Waals surface area contributed by atoms with Gasteiger partial charge >= 0.3 is 0 Å². The van der Waals surface area contributed by atoms with Crippen molar-refractivity contribution >= 4 is 17.3 Å². The third-order valence-electron chi connectivity index (χ3n) is 3.91. The van der Waals surface area contributed by atoms with Gasteiger partial charge in [0.25, 0.3) is 0 Å². The maximum Gasteiger partial charge on any atom is 0.246 e. The monoisotopic (exact) mass is 381 g/mol. The van der Waals surface area contributed by atoms with Gasteiger partial charge in [0.05, 0.1) is 37.6 Å². The normalized spacial score (nSPS) is 11.7. The van der Waals surface area contributed by atoms with Crippen molar-refractivity contribution in [3.8, 4) is 6.07 Å². The van der Waals surface area contributed by atoms with Crippen LogP contribution >= 0.6 is 0 Å². The molecule has 0 aliphatic heterocycles. The Morgan fingerprint density at radius 1 is 1.07 bits per heavy atom. The molecule has 0 bridgehead atoms. The fourth-order valence-corrected chi connectivity index (χ4v) is 2.52. The van der Waals surface area contributed by atoms with Gasteiger partial charge in [-0.05, 0) is 56.7 Å². The molecule has 0 saturated carbocycles. The number of ether oxygens (including phenoxy) is 2. The molecule has 1 unspecified atom stereocenters. The van der Waals surface area contributed by atoms with Crippen molar-refractivity contribution in [3.63, 3.8) is 0 Å². The molecule has 2 rings (SSSR count). The van der Waals surface area contributed by atoms with Crippen molar-refractivity contribution in [2.75, 3.05) is 23.8 Å². The molecule has 6 heteroatoms. The standard InChI is InChI=1S/C22H27N3O3/c1-16(2)28-11-10-27-15-19-7-5-8-20(13-19)24-17(3)22(26)25-21-9-4-6-18(12-21)14-23/h4-9,12-13,16-17,24H,10-11,15H2,1-3H3,(H,25,26). The zero-order chi connectivity index (χ0) is 20.4. The largest absolute Gasteiger partial charge is 0.376 e. The molecule has 6 nitrogen and oxygen atoms in total. The minimum absolute atomic E-state index is 0.178. The highest BCUT2D eigenvalue weighted by Crippen LogP contribution is 2.14. The van der Waals surface area contributed by atoms with E-state index < -0.39 is 6.04 Å². The van der Waals surface area contributed by atoms with Gasteiger partial charge in [0.1, 0.15) is 6.04 Å². The number of anilines is 2. The molecule has 28 heavy (non-hydrogen) atoms. The summed E-state index contributed by atoms with van der Waals surface area (Å²) in [7, 11) is 0. The van der Waals surface area contributed by atoms with E-state index in [0.717, 1.165) is 11.3 Å². The van der Waals surface area contributed by atoms with Crippen LogP contribution in [0.5, 0.6) is 0 Å². The molecule has 2 aromatic rings. The molecule has 148 valence electrons. The molecule has 0 fully saturated rings. The second-order valence-electron chi connectivity index (χ2n) is 6.72. The summed E-state index contributed by atoms with van der Waals surface area (Å²) >= 11 is 0. The predicted octanol–water partition coefficient (Wildman–Crippen LogP) is 3.94. The summed E-state index contributed by atoms with van der Waals surface area (Å²) < 4.78 is 11.1. The second-order valence-corrected chi connectivity index (χ2v) is 6.72. The van der Waals surface area contributed by atoms with Gasteiger partial charge in [-0.2, -0.15) is 5.26 Å². The summed E-state index contributed by atoms with van der Waals surface area (Å²) in [6.07, 6.45) is 0.200. The molecular formula is C22H27N3O3. The summed E-state index contributed by atoms with van der Waals surface area (Å²) in [5, 5.41) is 15.0. The lowest BCUT2D eigenvalue weighted by atomic mass is 10.2. The Kier molecular flexibility index (Phi) is 8.47. The summed E-state index contributed by atoms with van der Waals surface area (Å²) in [6, 6.07) is 16.2. The fraction of sp³-hybridized carbons (Fsp3) is 0.364. The average molecular weight is 381 g/mol. The Labute approximate surface area is 166 Å². The Morgan fingerprint density at radius 3 is 2.57 bits per heavy atom. The fourth-order valence-electron chi connectivity index (χ4n) is 2.52. The highest BCUT2D eigenvalue weighted by Gasteiger charge is 2.13. The van der Waals surface area contributed by atoms with Crippen LogP contribution in [-0.4, -0.2) is 31.3 Å². The van der Waals surface area contributed by atoms with Crippen LogP contribution in [0.1, 0.15) is 31.9 Å². The van der Waals surface area contributed by atoms with Crippen molar-refractivity contribution in [1.29, 1.82) is 5.26 Å². The number of carbonyl (C=O) groups is 1. The molecular weight excluding hydrogens is 354 g/mol. The van der Waals surface area contributed by atoms with E-state index in [1.807, 2.05) is 38.1 Å². The number of amides is 1. The van der Waals surface area contributed by atoms with Crippen LogP contribution in [0.15, 0.2) is 48.5 Å². The van der Waals surface area contributed by atoms with Crippen LogP contribution in [0.4, 0.5) is 11.4 Å². The van der Waals surface area contributed by atoms with Crippen molar-refractivity contribution in [2.24, 2.45) is 0 Å². The number of hydrogen-bond acceptors (Lipinski definition) is 5. The molecule has 2 aromatic carbocycles. The van der Waals surface area contributed by atoms with E-state index in [4.69, 9.17) is 14.7 Å². The quantitative estimate of drug-likeness (QED) is 0.609. The molecule has 1 amide bonds. The zero-order valence-electron chi connectivity index (χ0n) is 16.6. The summed E-state index contributed by atoms with van der Waals surface area (Å²) in [5.41, 5.74) is 2.96. The first-order chi connectivity index (χ1) is 13.5. The van der Waals surface area contributed by atoms with Gasteiger partial charge in [-0.1, -0.05) is 18.2 Å². The van der Waals surface area contributed by atoms with Crippen LogP contribution in [0.3, 0.4) is 0 Å². The SMILES string of the molecule is CC(C)OCCOCc1cccc(NC(C)C(=O)Nc2cccc(C#N)c2)c1. The minimum Gasteiger partial charge on any atom is -0.376 e. The molecule has 0 spiro atoms. The number of hydrogen-bond donors (Lipinski definition) is 2. The smallest absolute Gasteiger partial charge is 0.246 e. The van der Waals surface area contributed by atoms with E-state index in [1.165, 1.54) is 0 Å². The lowest BCUT2D eigenvalue weighted by Crippen LogP contribution is -2.31. The first-order valence-electron chi connectivity index (χ1n) is 9.34. The number of nitrogens with one attached hydrogen (secondary N) is 2. The molecule has 2 N–H and O–H groups in total. The van der Waals surface area contributed by atoms with Crippen LogP contribution in [0.2, 0.25) is 0 Å². The van der Waals surface area contributed by atoms with E-state index in [9.17, 15) is 4.79 Å². The van der Waals surface area contributed by atoms with E-state index in [2.05, 4.69) is 16.7 Å². The third kappa shape index (κ3) is 7.39. The molecule has 0 radical (unpaired) electrons. The number of benzene rings is 2. The lowest BCUT2D eigenvalue weighted by molar-refractivity contribution is -0.116. The van der Waals surface area contributed by atoms with Gasteiger partial charge < -0.3 is 20.1 Å². The Hall–Kier alpha value is -2.88. The highest BCUT2D eigenvalue weighted by atomic mass is 16.5. The van der Waals surface area contributed by atoms with Gasteiger partial charge in [0, 0.05) is 11.4 Å².